The van der Waals surface area contributed by atoms with Gasteiger partial charge in [0.15, 0.2) is 6.10 Å². The minimum atomic E-state index is -0.586. The smallest absolute Gasteiger partial charge is 0.268 e. The maximum Gasteiger partial charge on any atom is 0.268 e. The summed E-state index contributed by atoms with van der Waals surface area (Å²) < 4.78 is 10.8. The summed E-state index contributed by atoms with van der Waals surface area (Å²) in [6, 6.07) is 5.62. The molecule has 0 saturated heterocycles. The van der Waals surface area contributed by atoms with Crippen molar-refractivity contribution in [3.8, 4) is 17.0 Å². The zero-order valence-corrected chi connectivity index (χ0v) is 16.5. The summed E-state index contributed by atoms with van der Waals surface area (Å²) >= 11 is 1.56. The number of hydrogen-bond acceptors (Lipinski definition) is 6. The number of amides is 2. The van der Waals surface area contributed by atoms with Crippen molar-refractivity contribution in [3.05, 3.63) is 28.6 Å². The first kappa shape index (κ1) is 19.3. The van der Waals surface area contributed by atoms with E-state index in [4.69, 9.17) is 9.47 Å². The Morgan fingerprint density at radius 2 is 2.26 bits per heavy atom. The molecule has 1 aliphatic rings. The van der Waals surface area contributed by atoms with Gasteiger partial charge in [-0.3, -0.25) is 14.5 Å². The van der Waals surface area contributed by atoms with Crippen LogP contribution in [-0.2, 0) is 14.3 Å². The van der Waals surface area contributed by atoms with Crippen molar-refractivity contribution in [1.82, 2.24) is 10.3 Å². The molecule has 8 heteroatoms. The van der Waals surface area contributed by atoms with Crippen molar-refractivity contribution in [2.45, 2.75) is 26.4 Å². The highest BCUT2D eigenvalue weighted by atomic mass is 32.1. The number of benzene rings is 1. The number of carbonyl (C=O) groups excluding carboxylic acids is 2. The van der Waals surface area contributed by atoms with Crippen molar-refractivity contribution in [3.63, 3.8) is 0 Å². The summed E-state index contributed by atoms with van der Waals surface area (Å²) in [7, 11) is 1.57. The van der Waals surface area contributed by atoms with Crippen LogP contribution in [0.15, 0.2) is 23.6 Å². The molecule has 1 aromatic heterocycles. The fraction of sp³-hybridized carbons (Fsp3) is 0.421. The molecule has 1 unspecified atom stereocenters. The van der Waals surface area contributed by atoms with Gasteiger partial charge in [0.2, 0.25) is 5.91 Å². The topological polar surface area (TPSA) is 80.8 Å². The number of nitrogens with zero attached hydrogens (tertiary/aromatic N) is 2. The van der Waals surface area contributed by atoms with Gasteiger partial charge in [0, 0.05) is 24.6 Å². The third kappa shape index (κ3) is 4.28. The lowest BCUT2D eigenvalue weighted by atomic mass is 10.1. The molecule has 2 aromatic rings. The number of nitrogens with one attached hydrogen (secondary N) is 1. The summed E-state index contributed by atoms with van der Waals surface area (Å²) in [5.74, 6) is 0.151. The second kappa shape index (κ2) is 8.49. The van der Waals surface area contributed by atoms with Gasteiger partial charge in [-0.25, -0.2) is 4.98 Å². The Hall–Kier alpha value is -2.45. The Balaban J connectivity index is 1.89. The Morgan fingerprint density at radius 3 is 2.93 bits per heavy atom. The highest BCUT2D eigenvalue weighted by Gasteiger charge is 2.34. The van der Waals surface area contributed by atoms with Crippen molar-refractivity contribution in [1.29, 1.82) is 0 Å². The largest absolute Gasteiger partial charge is 0.478 e. The van der Waals surface area contributed by atoms with Crippen LogP contribution in [-0.4, -0.2) is 49.7 Å². The molecule has 0 radical (unpaired) electrons. The number of fused-ring (bicyclic) bond motifs is 1. The summed E-state index contributed by atoms with van der Waals surface area (Å²) in [6.07, 6.45) is -0.0516. The quantitative estimate of drug-likeness (QED) is 0.736. The molecule has 1 aliphatic heterocycles. The van der Waals surface area contributed by atoms with Gasteiger partial charge in [-0.05, 0) is 31.5 Å². The summed E-state index contributed by atoms with van der Waals surface area (Å²) in [5, 5.41) is 5.69. The fourth-order valence-corrected chi connectivity index (χ4v) is 3.51. The van der Waals surface area contributed by atoms with E-state index in [1.54, 1.807) is 18.4 Å². The molecule has 2 heterocycles. The maximum atomic E-state index is 12.8. The Morgan fingerprint density at radius 1 is 1.44 bits per heavy atom. The van der Waals surface area contributed by atoms with E-state index in [0.29, 0.717) is 31.0 Å². The Labute approximate surface area is 162 Å². The number of aromatic nitrogens is 1. The Bertz CT molecular complexity index is 836. The lowest BCUT2D eigenvalue weighted by Gasteiger charge is -2.34. The number of anilines is 1. The van der Waals surface area contributed by atoms with Crippen LogP contribution < -0.4 is 15.0 Å². The van der Waals surface area contributed by atoms with Gasteiger partial charge in [-0.15, -0.1) is 11.3 Å². The van der Waals surface area contributed by atoms with Crippen LogP contribution in [0.1, 0.15) is 18.4 Å². The number of ether oxygens (including phenoxy) is 2. The van der Waals surface area contributed by atoms with E-state index in [0.717, 1.165) is 16.3 Å². The summed E-state index contributed by atoms with van der Waals surface area (Å²) in [4.78, 5) is 31.1. The molecule has 0 fully saturated rings. The normalized spacial score (nSPS) is 16.0. The predicted octanol–water partition coefficient (Wildman–Crippen LogP) is 2.39. The highest BCUT2D eigenvalue weighted by molar-refractivity contribution is 7.09. The molecule has 1 atom stereocenters. The number of thiazole rings is 1. The van der Waals surface area contributed by atoms with Crippen molar-refractivity contribution in [2.24, 2.45) is 0 Å². The zero-order chi connectivity index (χ0) is 19.4. The zero-order valence-electron chi connectivity index (χ0n) is 15.7. The van der Waals surface area contributed by atoms with E-state index in [1.165, 1.54) is 4.90 Å². The standard InChI is InChI=1S/C19H23N3O4S/c1-4-16-19(24)22(10-18(23)20-7-8-25-3)15-9-13(5-6-17(15)26-16)14-11-27-12(2)21-14/h5-6,9,11,16H,4,7-8,10H2,1-3H3,(H,20,23). The van der Waals surface area contributed by atoms with Gasteiger partial charge < -0.3 is 14.8 Å². The Kier molecular flexibility index (Phi) is 6.08. The number of carbonyl (C=O) groups is 2. The van der Waals surface area contributed by atoms with Crippen LogP contribution in [0.3, 0.4) is 0 Å². The molecule has 0 saturated carbocycles. The van der Waals surface area contributed by atoms with Crippen LogP contribution in [0.2, 0.25) is 0 Å². The molecule has 144 valence electrons. The van der Waals surface area contributed by atoms with Gasteiger partial charge >= 0.3 is 0 Å². The van der Waals surface area contributed by atoms with Crippen molar-refractivity contribution in [2.75, 3.05) is 31.7 Å². The average molecular weight is 389 g/mol. The van der Waals surface area contributed by atoms with Crippen LogP contribution in [0.25, 0.3) is 11.3 Å². The van der Waals surface area contributed by atoms with E-state index >= 15 is 0 Å². The number of hydrogen-bond donors (Lipinski definition) is 1. The second-order valence-electron chi connectivity index (χ2n) is 6.22. The third-order valence-electron chi connectivity index (χ3n) is 4.28. The number of aryl methyl sites for hydroxylation is 1. The summed E-state index contributed by atoms with van der Waals surface area (Å²) in [5.41, 5.74) is 2.32. The van der Waals surface area contributed by atoms with Gasteiger partial charge in [0.1, 0.15) is 12.3 Å². The molecule has 27 heavy (non-hydrogen) atoms. The average Bonchev–Trinajstić information content (AvgIpc) is 3.10. The van der Waals surface area contributed by atoms with Crippen LogP contribution in [0.5, 0.6) is 5.75 Å². The minimum absolute atomic E-state index is 0.0606. The van der Waals surface area contributed by atoms with E-state index in [-0.39, 0.29) is 18.4 Å². The number of methoxy groups -OCH3 is 1. The highest BCUT2D eigenvalue weighted by Crippen LogP contribution is 2.38. The van der Waals surface area contributed by atoms with Gasteiger partial charge in [0.25, 0.3) is 5.91 Å². The summed E-state index contributed by atoms with van der Waals surface area (Å²) in [6.45, 7) is 4.59. The molecule has 3 rings (SSSR count). The van der Waals surface area contributed by atoms with Crippen molar-refractivity contribution >= 4 is 28.8 Å². The first-order valence-corrected chi connectivity index (χ1v) is 9.71. The first-order chi connectivity index (χ1) is 13.0. The van der Waals surface area contributed by atoms with Crippen LogP contribution in [0.4, 0.5) is 5.69 Å². The lowest BCUT2D eigenvalue weighted by molar-refractivity contribution is -0.129. The first-order valence-electron chi connectivity index (χ1n) is 8.83. The van der Waals surface area contributed by atoms with E-state index in [2.05, 4.69) is 10.3 Å². The monoisotopic (exact) mass is 389 g/mol. The maximum absolute atomic E-state index is 12.8. The lowest BCUT2D eigenvalue weighted by Crippen LogP contribution is -2.49. The van der Waals surface area contributed by atoms with E-state index < -0.39 is 6.10 Å². The van der Waals surface area contributed by atoms with Crippen LogP contribution >= 0.6 is 11.3 Å². The van der Waals surface area contributed by atoms with Gasteiger partial charge in [-0.2, -0.15) is 0 Å². The second-order valence-corrected chi connectivity index (χ2v) is 7.28. The van der Waals surface area contributed by atoms with Crippen LogP contribution in [0, 0.1) is 6.92 Å². The molecule has 7 nitrogen and oxygen atoms in total. The molecular weight excluding hydrogens is 366 g/mol. The van der Waals surface area contributed by atoms with Gasteiger partial charge in [-0.1, -0.05) is 6.92 Å². The van der Waals surface area contributed by atoms with Gasteiger partial charge in [0.05, 0.1) is 23.0 Å². The molecule has 1 N–H and O–H groups in total. The van der Waals surface area contributed by atoms with E-state index in [9.17, 15) is 9.59 Å². The molecular formula is C19H23N3O4S. The van der Waals surface area contributed by atoms with Crippen molar-refractivity contribution < 1.29 is 19.1 Å². The molecule has 1 aromatic carbocycles. The molecule has 0 aliphatic carbocycles. The molecule has 0 spiro atoms. The molecule has 0 bridgehead atoms. The van der Waals surface area contributed by atoms with E-state index in [1.807, 2.05) is 37.4 Å². The minimum Gasteiger partial charge on any atom is -0.478 e. The SMILES string of the molecule is CCC1Oc2ccc(-c3csc(C)n3)cc2N(CC(=O)NCCOC)C1=O. The third-order valence-corrected chi connectivity index (χ3v) is 5.05. The number of rotatable bonds is 7. The fourth-order valence-electron chi connectivity index (χ4n) is 2.89. The molecule has 2 amide bonds. The predicted molar refractivity (Wildman–Crippen MR) is 104 cm³/mol.